The third-order valence-corrected chi connectivity index (χ3v) is 2.70. The molecule has 0 aliphatic rings. The zero-order valence-electron chi connectivity index (χ0n) is 10.6. The highest BCUT2D eigenvalue weighted by atomic mass is 19.1. The van der Waals surface area contributed by atoms with Gasteiger partial charge in [-0.05, 0) is 31.5 Å². The number of rotatable bonds is 3. The van der Waals surface area contributed by atoms with Gasteiger partial charge in [0.1, 0.15) is 23.8 Å². The second kappa shape index (κ2) is 5.00. The largest absolute Gasteiger partial charge is 0.373 e. The van der Waals surface area contributed by atoms with Crippen LogP contribution in [-0.4, -0.2) is 17.0 Å². The molecule has 1 heterocycles. The predicted octanol–water partition coefficient (Wildman–Crippen LogP) is 3.02. The van der Waals surface area contributed by atoms with E-state index in [0.717, 1.165) is 16.9 Å². The van der Waals surface area contributed by atoms with Gasteiger partial charge in [0.15, 0.2) is 0 Å². The van der Waals surface area contributed by atoms with Crippen molar-refractivity contribution in [2.24, 2.45) is 0 Å². The maximum absolute atomic E-state index is 13.6. The molecule has 18 heavy (non-hydrogen) atoms. The molecule has 0 bridgehead atoms. The van der Waals surface area contributed by atoms with Crippen molar-refractivity contribution in [1.29, 1.82) is 0 Å². The minimum Gasteiger partial charge on any atom is -0.373 e. The molecule has 0 aliphatic heterocycles. The normalized spacial score (nSPS) is 10.2. The van der Waals surface area contributed by atoms with E-state index in [2.05, 4.69) is 20.6 Å². The first-order chi connectivity index (χ1) is 8.61. The van der Waals surface area contributed by atoms with E-state index in [-0.39, 0.29) is 5.82 Å². The summed E-state index contributed by atoms with van der Waals surface area (Å²) in [4.78, 5) is 8.21. The Morgan fingerprint density at radius 2 is 1.83 bits per heavy atom. The summed E-state index contributed by atoms with van der Waals surface area (Å²) >= 11 is 0. The fraction of sp³-hybridized carbons (Fsp3) is 0.231. The van der Waals surface area contributed by atoms with E-state index in [1.807, 2.05) is 13.8 Å². The molecule has 1 aromatic carbocycles. The molecule has 0 fully saturated rings. The highest BCUT2D eigenvalue weighted by Gasteiger charge is 2.08. The van der Waals surface area contributed by atoms with Crippen molar-refractivity contribution in [3.63, 3.8) is 0 Å². The van der Waals surface area contributed by atoms with E-state index >= 15 is 0 Å². The van der Waals surface area contributed by atoms with E-state index in [4.69, 9.17) is 0 Å². The molecule has 5 heteroatoms. The fourth-order valence-electron chi connectivity index (χ4n) is 1.69. The van der Waals surface area contributed by atoms with Gasteiger partial charge in [0, 0.05) is 12.6 Å². The van der Waals surface area contributed by atoms with Crippen molar-refractivity contribution >= 4 is 17.3 Å². The second-order valence-electron chi connectivity index (χ2n) is 4.05. The molecule has 0 unspecified atom stereocenters. The molecule has 2 aromatic rings. The molecule has 0 aliphatic carbocycles. The minimum atomic E-state index is -0.301. The number of halogens is 1. The lowest BCUT2D eigenvalue weighted by molar-refractivity contribution is 0.631. The van der Waals surface area contributed by atoms with Crippen LogP contribution in [0.2, 0.25) is 0 Å². The Kier molecular flexibility index (Phi) is 3.41. The van der Waals surface area contributed by atoms with Gasteiger partial charge in [0.2, 0.25) is 0 Å². The third kappa shape index (κ3) is 2.40. The molecule has 2 N–H and O–H groups in total. The van der Waals surface area contributed by atoms with Crippen LogP contribution in [0.4, 0.5) is 21.7 Å². The molecule has 2 rings (SSSR count). The maximum atomic E-state index is 13.6. The molecule has 0 spiro atoms. The van der Waals surface area contributed by atoms with Crippen LogP contribution >= 0.6 is 0 Å². The lowest BCUT2D eigenvalue weighted by atomic mass is 10.2. The molecule has 94 valence electrons. The fourth-order valence-corrected chi connectivity index (χ4v) is 1.69. The quantitative estimate of drug-likeness (QED) is 0.874. The summed E-state index contributed by atoms with van der Waals surface area (Å²) in [6, 6.07) is 4.91. The highest BCUT2D eigenvalue weighted by molar-refractivity contribution is 5.64. The Labute approximate surface area is 105 Å². The molecular formula is C13H15FN4. The molecular weight excluding hydrogens is 231 g/mol. The van der Waals surface area contributed by atoms with Gasteiger partial charge >= 0.3 is 0 Å². The molecule has 0 saturated heterocycles. The van der Waals surface area contributed by atoms with Crippen molar-refractivity contribution in [1.82, 2.24) is 9.97 Å². The number of anilines is 3. The van der Waals surface area contributed by atoms with Crippen LogP contribution < -0.4 is 10.6 Å². The smallest absolute Gasteiger partial charge is 0.146 e. The number of nitrogens with one attached hydrogen (secondary N) is 2. The SMILES string of the molecule is CNc1ncnc(Nc2cc(C)ccc2F)c1C. The number of hydrogen-bond acceptors (Lipinski definition) is 4. The molecule has 0 saturated carbocycles. The van der Waals surface area contributed by atoms with Crippen LogP contribution in [0.5, 0.6) is 0 Å². The summed E-state index contributed by atoms with van der Waals surface area (Å²) in [5.41, 5.74) is 2.25. The lowest BCUT2D eigenvalue weighted by Gasteiger charge is -2.12. The monoisotopic (exact) mass is 246 g/mol. The van der Waals surface area contributed by atoms with E-state index in [1.165, 1.54) is 12.4 Å². The number of benzene rings is 1. The van der Waals surface area contributed by atoms with Crippen LogP contribution in [0.3, 0.4) is 0 Å². The molecule has 1 aromatic heterocycles. The summed E-state index contributed by atoms with van der Waals surface area (Å²) in [6.45, 7) is 3.79. The Bertz CT molecular complexity index is 569. The zero-order valence-corrected chi connectivity index (χ0v) is 10.6. The van der Waals surface area contributed by atoms with E-state index in [0.29, 0.717) is 11.5 Å². The average Bonchev–Trinajstić information content (AvgIpc) is 2.36. The standard InChI is InChI=1S/C13H15FN4/c1-8-4-5-10(14)11(6-8)18-13-9(2)12(15-3)16-7-17-13/h4-7H,1-3H3,(H2,15,16,17,18). The number of aromatic nitrogens is 2. The van der Waals surface area contributed by atoms with Crippen LogP contribution in [0.1, 0.15) is 11.1 Å². The number of nitrogens with zero attached hydrogens (tertiary/aromatic N) is 2. The zero-order chi connectivity index (χ0) is 13.1. The average molecular weight is 246 g/mol. The first-order valence-corrected chi connectivity index (χ1v) is 5.64. The van der Waals surface area contributed by atoms with Gasteiger partial charge in [0.25, 0.3) is 0 Å². The molecule has 4 nitrogen and oxygen atoms in total. The maximum Gasteiger partial charge on any atom is 0.146 e. The predicted molar refractivity (Wildman–Crippen MR) is 70.7 cm³/mol. The second-order valence-corrected chi connectivity index (χ2v) is 4.05. The van der Waals surface area contributed by atoms with Crippen molar-refractivity contribution < 1.29 is 4.39 Å². The Hall–Kier alpha value is -2.17. The number of hydrogen-bond donors (Lipinski definition) is 2. The first kappa shape index (κ1) is 12.3. The van der Waals surface area contributed by atoms with Crippen LogP contribution in [0, 0.1) is 19.7 Å². The van der Waals surface area contributed by atoms with Crippen LogP contribution in [0.15, 0.2) is 24.5 Å². The molecule has 0 atom stereocenters. The van der Waals surface area contributed by atoms with Gasteiger partial charge in [-0.15, -0.1) is 0 Å². The summed E-state index contributed by atoms with van der Waals surface area (Å²) in [5.74, 6) is 1.02. The molecule has 0 radical (unpaired) electrons. The highest BCUT2D eigenvalue weighted by Crippen LogP contribution is 2.24. The van der Waals surface area contributed by atoms with Crippen molar-refractivity contribution in [3.8, 4) is 0 Å². The summed E-state index contributed by atoms with van der Waals surface area (Å²) in [7, 11) is 1.78. The van der Waals surface area contributed by atoms with Gasteiger partial charge in [-0.25, -0.2) is 14.4 Å². The summed E-state index contributed by atoms with van der Waals surface area (Å²) in [5, 5.41) is 5.95. The van der Waals surface area contributed by atoms with Crippen LogP contribution in [0.25, 0.3) is 0 Å². The summed E-state index contributed by atoms with van der Waals surface area (Å²) < 4.78 is 13.6. The summed E-state index contributed by atoms with van der Waals surface area (Å²) in [6.07, 6.45) is 1.44. The van der Waals surface area contributed by atoms with E-state index in [1.54, 1.807) is 19.2 Å². The lowest BCUT2D eigenvalue weighted by Crippen LogP contribution is -2.03. The third-order valence-electron chi connectivity index (χ3n) is 2.70. The van der Waals surface area contributed by atoms with E-state index in [9.17, 15) is 4.39 Å². The van der Waals surface area contributed by atoms with Crippen molar-refractivity contribution in [3.05, 3.63) is 41.5 Å². The van der Waals surface area contributed by atoms with Crippen LogP contribution in [-0.2, 0) is 0 Å². The van der Waals surface area contributed by atoms with E-state index < -0.39 is 0 Å². The minimum absolute atomic E-state index is 0.301. The van der Waals surface area contributed by atoms with Gasteiger partial charge in [0.05, 0.1) is 5.69 Å². The van der Waals surface area contributed by atoms with Crippen molar-refractivity contribution in [2.45, 2.75) is 13.8 Å². The topological polar surface area (TPSA) is 49.8 Å². The Morgan fingerprint density at radius 3 is 2.56 bits per heavy atom. The Morgan fingerprint density at radius 1 is 1.11 bits per heavy atom. The molecule has 0 amide bonds. The Balaban J connectivity index is 2.37. The van der Waals surface area contributed by atoms with Gasteiger partial charge in [-0.2, -0.15) is 0 Å². The first-order valence-electron chi connectivity index (χ1n) is 5.64. The number of aryl methyl sites for hydroxylation is 1. The van der Waals surface area contributed by atoms with Gasteiger partial charge in [-0.1, -0.05) is 6.07 Å². The van der Waals surface area contributed by atoms with Gasteiger partial charge < -0.3 is 10.6 Å². The van der Waals surface area contributed by atoms with Crippen molar-refractivity contribution in [2.75, 3.05) is 17.7 Å². The van der Waals surface area contributed by atoms with Gasteiger partial charge in [-0.3, -0.25) is 0 Å².